The molecule has 4 aliphatic heterocycles. The number of piperidine rings is 2. The minimum atomic E-state index is -0.0637. The number of hydrogen-bond donors (Lipinski definition) is 4. The van der Waals surface area contributed by atoms with E-state index in [1.807, 2.05) is 23.5 Å². The minimum absolute atomic E-state index is 0.0637. The molecule has 8 nitrogen and oxygen atoms in total. The normalized spacial score (nSPS) is 23.6. The first-order valence-electron chi connectivity index (χ1n) is 15.3. The molecule has 2 unspecified atom stereocenters. The Hall–Kier alpha value is -2.92. The maximum Gasteiger partial charge on any atom is 0.114 e. The van der Waals surface area contributed by atoms with Crippen LogP contribution in [0.25, 0.3) is 21.8 Å². The van der Waals surface area contributed by atoms with Gasteiger partial charge in [0.2, 0.25) is 0 Å². The van der Waals surface area contributed by atoms with Crippen LogP contribution in [0.15, 0.2) is 58.5 Å². The van der Waals surface area contributed by atoms with Gasteiger partial charge >= 0.3 is 0 Å². The second-order valence-corrected chi connectivity index (χ2v) is 13.9. The quantitative estimate of drug-likeness (QED) is 0.245. The topological polar surface area (TPSA) is 101 Å². The number of para-hydroxylation sites is 2. The Labute approximate surface area is 255 Å². The van der Waals surface area contributed by atoms with Gasteiger partial charge in [-0.15, -0.1) is 23.5 Å². The molecule has 2 aromatic heterocycles. The van der Waals surface area contributed by atoms with Gasteiger partial charge in [0.15, 0.2) is 0 Å². The fraction of sp³-hybridized carbons (Fsp3) is 0.438. The highest BCUT2D eigenvalue weighted by Crippen LogP contribution is 2.38. The van der Waals surface area contributed by atoms with E-state index >= 15 is 0 Å². The predicted molar refractivity (Wildman–Crippen MR) is 181 cm³/mol. The van der Waals surface area contributed by atoms with Crippen molar-refractivity contribution in [1.82, 2.24) is 15.3 Å². The summed E-state index contributed by atoms with van der Waals surface area (Å²) in [6.45, 7) is 4.86. The number of nitrogens with zero attached hydrogens (tertiary/aromatic N) is 4. The average molecular weight is 599 g/mol. The third-order valence-corrected chi connectivity index (χ3v) is 11.2. The summed E-state index contributed by atoms with van der Waals surface area (Å²) in [5, 5.41) is 8.33. The standard InChI is InChI=1S/C32H38N8S2/c33-28-19-23(9-14-39(28)26-5-1-3-20-17-24(37-29(20)26)31-35-12-15-41-31)40(22-7-10-34-11-8-22)27-6-2-4-21-18-25(38-30(21)27)32-36-13-16-42-32/h1-6,17-18,22-23,28,34,37-38H,7-16,19,33H2. The molecule has 42 heavy (non-hydrogen) atoms. The molecular formula is C32H38N8S2. The predicted octanol–water partition coefficient (Wildman–Crippen LogP) is 5.15. The SMILES string of the molecule is NC1CC(N(c2cccc3cc(C4=NCCS4)[nH]c23)C2CCNCC2)CCN1c1cccc2cc(C3=NCCS3)[nH]c12. The molecule has 2 fully saturated rings. The summed E-state index contributed by atoms with van der Waals surface area (Å²) < 4.78 is 0. The first kappa shape index (κ1) is 26.7. The van der Waals surface area contributed by atoms with Gasteiger partial charge in [0.25, 0.3) is 0 Å². The highest BCUT2D eigenvalue weighted by molar-refractivity contribution is 8.15. The van der Waals surface area contributed by atoms with Gasteiger partial charge in [-0.05, 0) is 56.6 Å². The summed E-state index contributed by atoms with van der Waals surface area (Å²) in [6, 6.07) is 18.7. The molecule has 2 atom stereocenters. The molecule has 6 heterocycles. The van der Waals surface area contributed by atoms with E-state index in [-0.39, 0.29) is 6.17 Å². The van der Waals surface area contributed by atoms with E-state index in [4.69, 9.17) is 15.7 Å². The number of fused-ring (bicyclic) bond motifs is 2. The molecule has 8 rings (SSSR count). The third-order valence-electron chi connectivity index (χ3n) is 9.20. The van der Waals surface area contributed by atoms with Crippen molar-refractivity contribution < 1.29 is 0 Å². The minimum Gasteiger partial charge on any atom is -0.364 e. The van der Waals surface area contributed by atoms with E-state index in [1.54, 1.807) is 0 Å². The van der Waals surface area contributed by atoms with E-state index < -0.39 is 0 Å². The van der Waals surface area contributed by atoms with E-state index in [2.05, 4.69) is 73.6 Å². The number of hydrogen-bond acceptors (Lipinski definition) is 8. The van der Waals surface area contributed by atoms with Crippen molar-refractivity contribution in [1.29, 1.82) is 0 Å². The van der Waals surface area contributed by atoms with Gasteiger partial charge in [0.05, 0.1) is 40.0 Å². The highest BCUT2D eigenvalue weighted by atomic mass is 32.2. The lowest BCUT2D eigenvalue weighted by atomic mass is 9.93. The summed E-state index contributed by atoms with van der Waals surface area (Å²) in [5.74, 6) is 2.13. The Kier molecular flexibility index (Phi) is 7.18. The van der Waals surface area contributed by atoms with E-state index in [0.717, 1.165) is 91.4 Å². The van der Waals surface area contributed by atoms with Crippen LogP contribution in [-0.2, 0) is 0 Å². The van der Waals surface area contributed by atoms with Crippen LogP contribution in [0.2, 0.25) is 0 Å². The van der Waals surface area contributed by atoms with Crippen molar-refractivity contribution in [3.05, 3.63) is 59.9 Å². The van der Waals surface area contributed by atoms with Gasteiger partial charge in [-0.2, -0.15) is 0 Å². The molecule has 0 bridgehead atoms. The number of aliphatic imine (C=N–C) groups is 2. The number of aromatic amines is 2. The Balaban J connectivity index is 1.11. The van der Waals surface area contributed by atoms with E-state index in [9.17, 15) is 0 Å². The maximum atomic E-state index is 7.09. The van der Waals surface area contributed by atoms with Crippen molar-refractivity contribution in [2.45, 2.75) is 43.9 Å². The van der Waals surface area contributed by atoms with Crippen LogP contribution in [0.4, 0.5) is 11.4 Å². The molecule has 10 heteroatoms. The van der Waals surface area contributed by atoms with Crippen LogP contribution in [0.1, 0.15) is 37.1 Å². The van der Waals surface area contributed by atoms with Crippen molar-refractivity contribution in [3.63, 3.8) is 0 Å². The number of aromatic nitrogens is 2. The molecule has 0 spiro atoms. The fourth-order valence-corrected chi connectivity index (χ4v) is 8.92. The zero-order valence-corrected chi connectivity index (χ0v) is 25.4. The van der Waals surface area contributed by atoms with Crippen LogP contribution in [0.3, 0.4) is 0 Å². The molecule has 0 aliphatic carbocycles. The first-order valence-corrected chi connectivity index (χ1v) is 17.3. The fourth-order valence-electron chi connectivity index (χ4n) is 7.27. The number of benzene rings is 2. The molecule has 4 aromatic rings. The Morgan fingerprint density at radius 3 is 2.14 bits per heavy atom. The van der Waals surface area contributed by atoms with Gasteiger partial charge in [0, 0.05) is 60.4 Å². The molecule has 218 valence electrons. The number of rotatable bonds is 6. The zero-order chi connectivity index (χ0) is 28.0. The summed E-state index contributed by atoms with van der Waals surface area (Å²) in [6.07, 6.45) is 4.22. The van der Waals surface area contributed by atoms with Gasteiger partial charge in [-0.3, -0.25) is 9.98 Å². The number of thioether (sulfide) groups is 2. The first-order chi connectivity index (χ1) is 20.7. The number of nitrogens with two attached hydrogens (primary N) is 1. The summed E-state index contributed by atoms with van der Waals surface area (Å²) in [7, 11) is 0. The molecule has 0 saturated carbocycles. The lowest BCUT2D eigenvalue weighted by Gasteiger charge is -2.48. The monoisotopic (exact) mass is 598 g/mol. The third kappa shape index (κ3) is 4.82. The summed E-state index contributed by atoms with van der Waals surface area (Å²) in [5.41, 5.74) is 14.3. The lowest BCUT2D eigenvalue weighted by molar-refractivity contribution is 0.341. The smallest absolute Gasteiger partial charge is 0.114 e. The Morgan fingerprint density at radius 1 is 0.810 bits per heavy atom. The van der Waals surface area contributed by atoms with Crippen molar-refractivity contribution in [3.8, 4) is 0 Å². The average Bonchev–Trinajstić information content (AvgIpc) is 3.84. The molecular weight excluding hydrogens is 561 g/mol. The van der Waals surface area contributed by atoms with Crippen molar-refractivity contribution in [2.75, 3.05) is 54.0 Å². The zero-order valence-electron chi connectivity index (χ0n) is 23.8. The maximum absolute atomic E-state index is 7.09. The van der Waals surface area contributed by atoms with Crippen molar-refractivity contribution in [2.24, 2.45) is 15.7 Å². The van der Waals surface area contributed by atoms with Gasteiger partial charge in [0.1, 0.15) is 10.1 Å². The van der Waals surface area contributed by atoms with Crippen LogP contribution < -0.4 is 20.9 Å². The molecule has 5 N–H and O–H groups in total. The van der Waals surface area contributed by atoms with Gasteiger partial charge in [-0.1, -0.05) is 24.3 Å². The second-order valence-electron chi connectivity index (χ2n) is 11.7. The lowest BCUT2D eigenvalue weighted by Crippen LogP contribution is -2.57. The van der Waals surface area contributed by atoms with Crippen LogP contribution in [-0.4, -0.2) is 82.5 Å². The largest absolute Gasteiger partial charge is 0.364 e. The number of anilines is 2. The summed E-state index contributed by atoms with van der Waals surface area (Å²) in [4.78, 5) is 22.1. The number of H-pyrrole nitrogens is 2. The number of nitrogens with one attached hydrogen (secondary N) is 3. The molecule has 2 aromatic carbocycles. The van der Waals surface area contributed by atoms with Crippen molar-refractivity contribution >= 4 is 66.8 Å². The molecule has 0 radical (unpaired) electrons. The van der Waals surface area contributed by atoms with Crippen LogP contribution in [0, 0.1) is 0 Å². The summed E-state index contributed by atoms with van der Waals surface area (Å²) >= 11 is 3.69. The van der Waals surface area contributed by atoms with Crippen LogP contribution >= 0.6 is 23.5 Å². The van der Waals surface area contributed by atoms with Crippen LogP contribution in [0.5, 0.6) is 0 Å². The Morgan fingerprint density at radius 2 is 1.48 bits per heavy atom. The van der Waals surface area contributed by atoms with E-state index in [0.29, 0.717) is 12.1 Å². The Bertz CT molecular complexity index is 1670. The highest BCUT2D eigenvalue weighted by Gasteiger charge is 2.35. The molecule has 2 saturated heterocycles. The van der Waals surface area contributed by atoms with Gasteiger partial charge < -0.3 is 30.8 Å². The van der Waals surface area contributed by atoms with Gasteiger partial charge in [-0.25, -0.2) is 0 Å². The molecule has 0 amide bonds. The van der Waals surface area contributed by atoms with E-state index in [1.165, 1.54) is 33.2 Å². The second kappa shape index (κ2) is 11.3. The molecule has 4 aliphatic rings.